The van der Waals surface area contributed by atoms with Gasteiger partial charge in [-0.25, -0.2) is 8.78 Å². The lowest BCUT2D eigenvalue weighted by molar-refractivity contribution is -0.195. The largest absolute Gasteiger partial charge is 0.410 e. The highest BCUT2D eigenvalue weighted by Gasteiger charge is 2.53. The maximum atomic E-state index is 13.3. The molecule has 16 heavy (non-hydrogen) atoms. The van der Waals surface area contributed by atoms with Gasteiger partial charge in [0.1, 0.15) is 17.2 Å². The molecular formula is C10H10F5N. The SMILES string of the molecule is CNC(C)(c1c(F)cccc1F)C(F)(F)F. The van der Waals surface area contributed by atoms with E-state index in [1.54, 1.807) is 0 Å². The van der Waals surface area contributed by atoms with E-state index in [0.717, 1.165) is 25.2 Å². The predicted octanol–water partition coefficient (Wildman–Crippen LogP) is 2.96. The van der Waals surface area contributed by atoms with Gasteiger partial charge in [-0.2, -0.15) is 13.2 Å². The second-order valence-electron chi connectivity index (χ2n) is 3.47. The van der Waals surface area contributed by atoms with Crippen LogP contribution >= 0.6 is 0 Å². The van der Waals surface area contributed by atoms with Gasteiger partial charge in [-0.3, -0.25) is 0 Å². The van der Waals surface area contributed by atoms with Crippen LogP contribution < -0.4 is 5.32 Å². The van der Waals surface area contributed by atoms with Crippen molar-refractivity contribution < 1.29 is 22.0 Å². The van der Waals surface area contributed by atoms with Gasteiger partial charge < -0.3 is 5.32 Å². The molecule has 0 aliphatic carbocycles. The molecule has 0 radical (unpaired) electrons. The first-order chi connectivity index (χ1) is 7.24. The van der Waals surface area contributed by atoms with Gasteiger partial charge in [0.25, 0.3) is 0 Å². The Balaban J connectivity index is 3.46. The normalized spacial score (nSPS) is 15.9. The molecule has 1 rings (SSSR count). The molecule has 6 heteroatoms. The molecule has 0 fully saturated rings. The Bertz CT molecular complexity index is 367. The van der Waals surface area contributed by atoms with E-state index < -0.39 is 28.9 Å². The van der Waals surface area contributed by atoms with E-state index >= 15 is 0 Å². The van der Waals surface area contributed by atoms with Gasteiger partial charge in [0, 0.05) is 0 Å². The second kappa shape index (κ2) is 4.01. The van der Waals surface area contributed by atoms with E-state index in [9.17, 15) is 22.0 Å². The van der Waals surface area contributed by atoms with Gasteiger partial charge in [0.15, 0.2) is 0 Å². The van der Waals surface area contributed by atoms with Gasteiger partial charge in [0.2, 0.25) is 0 Å². The summed E-state index contributed by atoms with van der Waals surface area (Å²) in [5.74, 6) is -2.46. The summed E-state index contributed by atoms with van der Waals surface area (Å²) in [7, 11) is 0.999. The van der Waals surface area contributed by atoms with Crippen LogP contribution in [0.5, 0.6) is 0 Å². The Morgan fingerprint density at radius 2 is 1.50 bits per heavy atom. The van der Waals surface area contributed by atoms with E-state index in [-0.39, 0.29) is 0 Å². The Morgan fingerprint density at radius 1 is 1.06 bits per heavy atom. The van der Waals surface area contributed by atoms with E-state index in [2.05, 4.69) is 0 Å². The third kappa shape index (κ3) is 1.89. The summed E-state index contributed by atoms with van der Waals surface area (Å²) < 4.78 is 64.8. The molecule has 1 N–H and O–H groups in total. The highest BCUT2D eigenvalue weighted by Crippen LogP contribution is 2.40. The van der Waals surface area contributed by atoms with Gasteiger partial charge in [0.05, 0.1) is 5.56 Å². The maximum absolute atomic E-state index is 13.3. The van der Waals surface area contributed by atoms with Crippen molar-refractivity contribution in [3.8, 4) is 0 Å². The standard InChI is InChI=1S/C10H10F5N/c1-9(16-2,10(13,14)15)8-6(11)4-3-5-7(8)12/h3-5,16H,1-2H3. The van der Waals surface area contributed by atoms with Crippen LogP contribution in [0.3, 0.4) is 0 Å². The topological polar surface area (TPSA) is 12.0 Å². The molecule has 0 aliphatic rings. The average molecular weight is 239 g/mol. The summed E-state index contributed by atoms with van der Waals surface area (Å²) in [5.41, 5.74) is -3.77. The van der Waals surface area contributed by atoms with Crippen molar-refractivity contribution in [1.82, 2.24) is 5.32 Å². The highest BCUT2D eigenvalue weighted by molar-refractivity contribution is 5.29. The van der Waals surface area contributed by atoms with Crippen molar-refractivity contribution in [3.05, 3.63) is 35.4 Å². The molecule has 0 saturated carbocycles. The summed E-state index contributed by atoms with van der Waals surface area (Å²) in [4.78, 5) is 0. The smallest absolute Gasteiger partial charge is 0.303 e. The van der Waals surface area contributed by atoms with Crippen LogP contribution in [0, 0.1) is 11.6 Å². The summed E-state index contributed by atoms with van der Waals surface area (Å²) >= 11 is 0. The zero-order valence-electron chi connectivity index (χ0n) is 8.62. The van der Waals surface area contributed by atoms with Crippen molar-refractivity contribution >= 4 is 0 Å². The summed E-state index contributed by atoms with van der Waals surface area (Å²) in [6.45, 7) is 0.689. The van der Waals surface area contributed by atoms with Crippen LogP contribution in [-0.2, 0) is 5.54 Å². The molecule has 0 spiro atoms. The van der Waals surface area contributed by atoms with Crippen LogP contribution in [0.15, 0.2) is 18.2 Å². The Labute approximate surface area is 89.3 Å². The number of rotatable bonds is 2. The minimum Gasteiger partial charge on any atom is -0.303 e. The van der Waals surface area contributed by atoms with E-state index in [1.165, 1.54) is 0 Å². The fraction of sp³-hybridized carbons (Fsp3) is 0.400. The number of benzene rings is 1. The zero-order chi connectivity index (χ0) is 12.6. The van der Waals surface area contributed by atoms with E-state index in [1.807, 2.05) is 5.32 Å². The van der Waals surface area contributed by atoms with Gasteiger partial charge in [-0.1, -0.05) is 6.07 Å². The van der Waals surface area contributed by atoms with Crippen molar-refractivity contribution in [2.45, 2.75) is 18.6 Å². The molecule has 0 aromatic heterocycles. The highest BCUT2D eigenvalue weighted by atomic mass is 19.4. The van der Waals surface area contributed by atoms with Crippen LogP contribution in [0.4, 0.5) is 22.0 Å². The number of nitrogens with one attached hydrogen (secondary N) is 1. The summed E-state index contributed by atoms with van der Waals surface area (Å²) in [6.07, 6.45) is -4.80. The third-order valence-corrected chi connectivity index (χ3v) is 2.53. The lowest BCUT2D eigenvalue weighted by Gasteiger charge is -2.32. The third-order valence-electron chi connectivity index (χ3n) is 2.53. The van der Waals surface area contributed by atoms with Crippen LogP contribution in [0.25, 0.3) is 0 Å². The maximum Gasteiger partial charge on any atom is 0.410 e. The number of hydrogen-bond donors (Lipinski definition) is 1. The molecule has 90 valence electrons. The molecule has 1 aromatic carbocycles. The molecule has 0 heterocycles. The van der Waals surface area contributed by atoms with Crippen LogP contribution in [0.2, 0.25) is 0 Å². The summed E-state index contributed by atoms with van der Waals surface area (Å²) in [6, 6.07) is 2.60. The molecule has 1 unspecified atom stereocenters. The lowest BCUT2D eigenvalue weighted by atomic mass is 9.90. The van der Waals surface area contributed by atoms with Gasteiger partial charge in [-0.05, 0) is 26.1 Å². The molecule has 0 amide bonds. The van der Waals surface area contributed by atoms with Gasteiger partial charge >= 0.3 is 6.18 Å². The molecule has 1 atom stereocenters. The average Bonchev–Trinajstić information content (AvgIpc) is 2.15. The molecule has 0 saturated heterocycles. The Hall–Kier alpha value is -1.17. The monoisotopic (exact) mass is 239 g/mol. The number of hydrogen-bond acceptors (Lipinski definition) is 1. The van der Waals surface area contributed by atoms with E-state index in [4.69, 9.17) is 0 Å². The lowest BCUT2D eigenvalue weighted by Crippen LogP contribution is -2.51. The number of alkyl halides is 3. The Morgan fingerprint density at radius 3 is 1.81 bits per heavy atom. The minimum atomic E-state index is -4.80. The molecule has 1 aromatic rings. The molecule has 0 bridgehead atoms. The molecule has 0 aliphatic heterocycles. The van der Waals surface area contributed by atoms with Crippen molar-refractivity contribution in [2.75, 3.05) is 7.05 Å². The second-order valence-corrected chi connectivity index (χ2v) is 3.47. The van der Waals surface area contributed by atoms with Gasteiger partial charge in [-0.15, -0.1) is 0 Å². The van der Waals surface area contributed by atoms with Crippen molar-refractivity contribution in [2.24, 2.45) is 0 Å². The fourth-order valence-electron chi connectivity index (χ4n) is 1.38. The number of halogens is 5. The Kier molecular flexibility index (Phi) is 3.23. The van der Waals surface area contributed by atoms with E-state index in [0.29, 0.717) is 6.92 Å². The molecule has 1 nitrogen and oxygen atoms in total. The van der Waals surface area contributed by atoms with Crippen LogP contribution in [0.1, 0.15) is 12.5 Å². The van der Waals surface area contributed by atoms with Crippen molar-refractivity contribution in [1.29, 1.82) is 0 Å². The van der Waals surface area contributed by atoms with Crippen LogP contribution in [-0.4, -0.2) is 13.2 Å². The first-order valence-corrected chi connectivity index (χ1v) is 4.44. The quantitative estimate of drug-likeness (QED) is 0.782. The first-order valence-electron chi connectivity index (χ1n) is 4.44. The minimum absolute atomic E-state index is 0.689. The molecular weight excluding hydrogens is 229 g/mol. The zero-order valence-corrected chi connectivity index (χ0v) is 8.62. The predicted molar refractivity (Wildman–Crippen MR) is 48.8 cm³/mol. The van der Waals surface area contributed by atoms with Crippen molar-refractivity contribution in [3.63, 3.8) is 0 Å². The summed E-state index contributed by atoms with van der Waals surface area (Å²) in [5, 5.41) is 1.91. The first kappa shape index (κ1) is 12.9. The fourth-order valence-corrected chi connectivity index (χ4v) is 1.38.